The molecule has 0 saturated heterocycles. The zero-order chi connectivity index (χ0) is 12.3. The van der Waals surface area contributed by atoms with Gasteiger partial charge in [0.25, 0.3) is 0 Å². The van der Waals surface area contributed by atoms with Crippen molar-refractivity contribution in [3.63, 3.8) is 0 Å². The molecular weight excluding hydrogens is 253 g/mol. The normalized spacial score (nSPS) is 18.5. The highest BCUT2D eigenvalue weighted by Crippen LogP contribution is 2.32. The monoisotopic (exact) mass is 271 g/mol. The lowest BCUT2D eigenvalue weighted by Gasteiger charge is -2.16. The summed E-state index contributed by atoms with van der Waals surface area (Å²) in [5.74, 6) is 0.882. The molecule has 1 atom stereocenters. The summed E-state index contributed by atoms with van der Waals surface area (Å²) >= 11 is 12.0. The number of hydrogen-bond donors (Lipinski definition) is 1. The third kappa shape index (κ3) is 3.61. The molecule has 1 nitrogen and oxygen atoms in total. The molecule has 1 aromatic rings. The van der Waals surface area contributed by atoms with Crippen LogP contribution in [0.15, 0.2) is 18.2 Å². The average molecular weight is 272 g/mol. The van der Waals surface area contributed by atoms with E-state index in [0.29, 0.717) is 10.0 Å². The molecule has 0 spiro atoms. The van der Waals surface area contributed by atoms with Gasteiger partial charge in [-0.05, 0) is 36.5 Å². The molecule has 1 saturated carbocycles. The van der Waals surface area contributed by atoms with Crippen LogP contribution in [0.4, 0.5) is 0 Å². The minimum atomic E-state index is 0.0420. The molecule has 0 radical (unpaired) electrons. The predicted molar refractivity (Wildman–Crippen MR) is 74.6 cm³/mol. The van der Waals surface area contributed by atoms with E-state index in [1.807, 2.05) is 12.1 Å². The van der Waals surface area contributed by atoms with Crippen LogP contribution in [0.3, 0.4) is 0 Å². The second kappa shape index (κ2) is 6.08. The molecule has 3 heteroatoms. The maximum absolute atomic E-state index is 6.20. The number of hydrogen-bond acceptors (Lipinski definition) is 1. The van der Waals surface area contributed by atoms with Crippen molar-refractivity contribution in [1.29, 1.82) is 0 Å². The van der Waals surface area contributed by atoms with Crippen molar-refractivity contribution in [3.05, 3.63) is 33.8 Å². The highest BCUT2D eigenvalue weighted by molar-refractivity contribution is 6.35. The van der Waals surface area contributed by atoms with Gasteiger partial charge < -0.3 is 5.73 Å². The fourth-order valence-electron chi connectivity index (χ4n) is 2.67. The first-order valence-electron chi connectivity index (χ1n) is 6.37. The third-order valence-corrected chi connectivity index (χ3v) is 4.29. The van der Waals surface area contributed by atoms with Crippen LogP contribution in [-0.2, 0) is 0 Å². The maximum atomic E-state index is 6.20. The van der Waals surface area contributed by atoms with Crippen LogP contribution < -0.4 is 5.73 Å². The first kappa shape index (κ1) is 13.2. The van der Waals surface area contributed by atoms with Gasteiger partial charge in [-0.25, -0.2) is 0 Å². The summed E-state index contributed by atoms with van der Waals surface area (Å²) in [6.45, 7) is 0. The van der Waals surface area contributed by atoms with E-state index >= 15 is 0 Å². The molecule has 0 heterocycles. The highest BCUT2D eigenvalue weighted by atomic mass is 35.5. The standard InChI is InChI=1S/C14H19Cl2N/c15-11-6-7-12(13(16)9-11)14(17)8-5-10-3-1-2-4-10/h6-7,9-10,14H,1-5,8,17H2. The second-order valence-corrected chi connectivity index (χ2v) is 5.84. The topological polar surface area (TPSA) is 26.0 Å². The lowest BCUT2D eigenvalue weighted by atomic mass is 9.95. The van der Waals surface area contributed by atoms with Gasteiger partial charge >= 0.3 is 0 Å². The Balaban J connectivity index is 1.91. The molecule has 0 aliphatic heterocycles. The summed E-state index contributed by atoms with van der Waals surface area (Å²) in [5.41, 5.74) is 7.22. The summed E-state index contributed by atoms with van der Waals surface area (Å²) in [7, 11) is 0. The Hall–Kier alpha value is -0.240. The molecule has 0 amide bonds. The molecule has 2 rings (SSSR count). The number of benzene rings is 1. The van der Waals surface area contributed by atoms with Gasteiger partial charge in [0.2, 0.25) is 0 Å². The van der Waals surface area contributed by atoms with Gasteiger partial charge in [-0.3, -0.25) is 0 Å². The van der Waals surface area contributed by atoms with E-state index in [-0.39, 0.29) is 6.04 Å². The Morgan fingerprint density at radius 3 is 2.59 bits per heavy atom. The van der Waals surface area contributed by atoms with Crippen LogP contribution in [0.25, 0.3) is 0 Å². The SMILES string of the molecule is NC(CCC1CCCC1)c1ccc(Cl)cc1Cl. The van der Waals surface area contributed by atoms with Gasteiger partial charge in [0.1, 0.15) is 0 Å². The largest absolute Gasteiger partial charge is 0.324 e. The summed E-state index contributed by atoms with van der Waals surface area (Å²) in [4.78, 5) is 0. The number of rotatable bonds is 4. The quantitative estimate of drug-likeness (QED) is 0.823. The fourth-order valence-corrected chi connectivity index (χ4v) is 3.22. The zero-order valence-electron chi connectivity index (χ0n) is 9.96. The van der Waals surface area contributed by atoms with Gasteiger partial charge in [-0.15, -0.1) is 0 Å². The molecule has 1 aromatic carbocycles. The third-order valence-electron chi connectivity index (χ3n) is 3.72. The van der Waals surface area contributed by atoms with Crippen LogP contribution in [-0.4, -0.2) is 0 Å². The van der Waals surface area contributed by atoms with Gasteiger partial charge in [0.15, 0.2) is 0 Å². The van der Waals surface area contributed by atoms with E-state index in [1.54, 1.807) is 6.07 Å². The van der Waals surface area contributed by atoms with Crippen molar-refractivity contribution < 1.29 is 0 Å². The van der Waals surface area contributed by atoms with Crippen molar-refractivity contribution in [1.82, 2.24) is 0 Å². The van der Waals surface area contributed by atoms with Gasteiger partial charge in [0.05, 0.1) is 0 Å². The number of nitrogens with two attached hydrogens (primary N) is 1. The van der Waals surface area contributed by atoms with Crippen molar-refractivity contribution in [3.8, 4) is 0 Å². The molecule has 0 bridgehead atoms. The first-order valence-corrected chi connectivity index (χ1v) is 7.13. The zero-order valence-corrected chi connectivity index (χ0v) is 11.5. The second-order valence-electron chi connectivity index (χ2n) is 5.00. The number of halogens is 2. The molecule has 94 valence electrons. The van der Waals surface area contributed by atoms with Crippen molar-refractivity contribution in [2.45, 2.75) is 44.6 Å². The molecule has 1 unspecified atom stereocenters. The Bertz CT molecular complexity index is 372. The lowest BCUT2D eigenvalue weighted by Crippen LogP contribution is -2.12. The van der Waals surface area contributed by atoms with E-state index in [2.05, 4.69) is 0 Å². The van der Waals surface area contributed by atoms with Gasteiger partial charge in [0, 0.05) is 16.1 Å². The minimum absolute atomic E-state index is 0.0420. The minimum Gasteiger partial charge on any atom is -0.324 e. The van der Waals surface area contributed by atoms with Gasteiger partial charge in [-0.1, -0.05) is 55.0 Å². The Morgan fingerprint density at radius 2 is 1.94 bits per heavy atom. The van der Waals surface area contributed by atoms with Crippen LogP contribution in [0.2, 0.25) is 10.0 Å². The Morgan fingerprint density at radius 1 is 1.24 bits per heavy atom. The van der Waals surface area contributed by atoms with Crippen molar-refractivity contribution in [2.75, 3.05) is 0 Å². The van der Waals surface area contributed by atoms with Crippen LogP contribution in [0.1, 0.15) is 50.1 Å². The fraction of sp³-hybridized carbons (Fsp3) is 0.571. The van der Waals surface area contributed by atoms with Crippen LogP contribution >= 0.6 is 23.2 Å². The summed E-state index contributed by atoms with van der Waals surface area (Å²) in [6.07, 6.45) is 7.78. The highest BCUT2D eigenvalue weighted by Gasteiger charge is 2.17. The molecule has 1 aliphatic carbocycles. The molecule has 1 aliphatic rings. The molecule has 0 aromatic heterocycles. The van der Waals surface area contributed by atoms with E-state index in [1.165, 1.54) is 32.1 Å². The summed E-state index contributed by atoms with van der Waals surface area (Å²) < 4.78 is 0. The van der Waals surface area contributed by atoms with E-state index in [0.717, 1.165) is 17.9 Å². The maximum Gasteiger partial charge on any atom is 0.0468 e. The molecule has 17 heavy (non-hydrogen) atoms. The predicted octanol–water partition coefficient (Wildman–Crippen LogP) is 4.96. The first-order chi connectivity index (χ1) is 8.16. The van der Waals surface area contributed by atoms with Crippen LogP contribution in [0.5, 0.6) is 0 Å². The van der Waals surface area contributed by atoms with Crippen molar-refractivity contribution in [2.24, 2.45) is 11.7 Å². The van der Waals surface area contributed by atoms with Gasteiger partial charge in [-0.2, -0.15) is 0 Å². The average Bonchev–Trinajstić information content (AvgIpc) is 2.78. The van der Waals surface area contributed by atoms with E-state index in [4.69, 9.17) is 28.9 Å². The van der Waals surface area contributed by atoms with Crippen LogP contribution in [0, 0.1) is 5.92 Å². The Kier molecular flexibility index (Phi) is 4.72. The molecule has 2 N–H and O–H groups in total. The summed E-state index contributed by atoms with van der Waals surface area (Å²) in [6, 6.07) is 5.62. The van der Waals surface area contributed by atoms with E-state index < -0.39 is 0 Å². The summed E-state index contributed by atoms with van der Waals surface area (Å²) in [5, 5.41) is 1.36. The van der Waals surface area contributed by atoms with E-state index in [9.17, 15) is 0 Å². The smallest absolute Gasteiger partial charge is 0.0468 e. The molecular formula is C14H19Cl2N. The lowest BCUT2D eigenvalue weighted by molar-refractivity contribution is 0.454. The van der Waals surface area contributed by atoms with Crippen molar-refractivity contribution >= 4 is 23.2 Å². The Labute approximate surface area is 113 Å². The molecule has 1 fully saturated rings.